The summed E-state index contributed by atoms with van der Waals surface area (Å²) in [6.07, 6.45) is 7.03. The van der Waals surface area contributed by atoms with Gasteiger partial charge in [-0.2, -0.15) is 0 Å². The first-order valence-electron chi connectivity index (χ1n) is 6.39. The number of nitrogens with zero attached hydrogens (tertiary/aromatic N) is 1. The van der Waals surface area contributed by atoms with E-state index >= 15 is 0 Å². The zero-order valence-corrected chi connectivity index (χ0v) is 9.95. The fraction of sp³-hybridized carbons (Fsp3) is 0.917. The van der Waals surface area contributed by atoms with Crippen molar-refractivity contribution in [2.45, 2.75) is 44.6 Å². The van der Waals surface area contributed by atoms with Crippen LogP contribution in [-0.4, -0.2) is 36.5 Å². The van der Waals surface area contributed by atoms with Crippen molar-refractivity contribution in [1.29, 1.82) is 0 Å². The quantitative estimate of drug-likeness (QED) is 0.681. The lowest BCUT2D eigenvalue weighted by Gasteiger charge is -2.27. The van der Waals surface area contributed by atoms with Gasteiger partial charge in [0.05, 0.1) is 6.54 Å². The van der Waals surface area contributed by atoms with E-state index < -0.39 is 0 Å². The average molecular weight is 225 g/mol. The lowest BCUT2D eigenvalue weighted by molar-refractivity contribution is -0.129. The van der Waals surface area contributed by atoms with E-state index in [-0.39, 0.29) is 12.5 Å². The summed E-state index contributed by atoms with van der Waals surface area (Å²) in [6.45, 7) is 1.95. The van der Waals surface area contributed by atoms with Gasteiger partial charge < -0.3 is 16.4 Å². The molecule has 1 aliphatic heterocycles. The van der Waals surface area contributed by atoms with Gasteiger partial charge in [-0.25, -0.2) is 0 Å². The van der Waals surface area contributed by atoms with E-state index in [1.54, 1.807) is 0 Å². The molecule has 4 heteroatoms. The van der Waals surface area contributed by atoms with E-state index in [4.69, 9.17) is 11.5 Å². The Labute approximate surface area is 97.3 Å². The van der Waals surface area contributed by atoms with Gasteiger partial charge in [-0.15, -0.1) is 0 Å². The minimum Gasteiger partial charge on any atom is -0.341 e. The van der Waals surface area contributed by atoms with E-state index in [2.05, 4.69) is 0 Å². The minimum absolute atomic E-state index is 0.102. The molecule has 1 aliphatic carbocycles. The molecule has 1 spiro atoms. The van der Waals surface area contributed by atoms with Crippen LogP contribution in [0.2, 0.25) is 0 Å². The molecular weight excluding hydrogens is 202 g/mol. The summed E-state index contributed by atoms with van der Waals surface area (Å²) in [6, 6.07) is 0.374. The summed E-state index contributed by atoms with van der Waals surface area (Å²) in [5.41, 5.74) is 11.8. The third-order valence-electron chi connectivity index (χ3n) is 4.29. The van der Waals surface area contributed by atoms with Gasteiger partial charge in [0, 0.05) is 19.1 Å². The number of hydrogen-bond acceptors (Lipinski definition) is 3. The molecule has 0 aromatic heterocycles. The first kappa shape index (κ1) is 11.9. The predicted molar refractivity (Wildman–Crippen MR) is 63.7 cm³/mol. The molecule has 0 aromatic carbocycles. The highest BCUT2D eigenvalue weighted by Crippen LogP contribution is 2.42. The monoisotopic (exact) mass is 225 g/mol. The molecule has 0 aromatic rings. The molecule has 2 fully saturated rings. The topological polar surface area (TPSA) is 72.4 Å². The molecule has 0 radical (unpaired) electrons. The van der Waals surface area contributed by atoms with Crippen LogP contribution in [0.25, 0.3) is 0 Å². The fourth-order valence-electron chi connectivity index (χ4n) is 3.19. The van der Waals surface area contributed by atoms with Crippen molar-refractivity contribution in [1.82, 2.24) is 4.90 Å². The first-order valence-corrected chi connectivity index (χ1v) is 6.39. The van der Waals surface area contributed by atoms with Crippen molar-refractivity contribution >= 4 is 5.91 Å². The number of nitrogens with two attached hydrogens (primary N) is 2. The Hall–Kier alpha value is -0.610. The van der Waals surface area contributed by atoms with Crippen molar-refractivity contribution in [2.24, 2.45) is 16.9 Å². The van der Waals surface area contributed by atoms with Gasteiger partial charge in [-0.3, -0.25) is 4.79 Å². The van der Waals surface area contributed by atoms with Crippen LogP contribution in [-0.2, 0) is 4.79 Å². The lowest BCUT2D eigenvalue weighted by Crippen LogP contribution is -2.36. The summed E-state index contributed by atoms with van der Waals surface area (Å²) in [4.78, 5) is 13.5. The Balaban J connectivity index is 1.97. The molecule has 1 saturated carbocycles. The number of hydrogen-bond donors (Lipinski definition) is 2. The maximum Gasteiger partial charge on any atom is 0.236 e. The first-order chi connectivity index (χ1) is 7.65. The second-order valence-electron chi connectivity index (χ2n) is 5.46. The highest BCUT2D eigenvalue weighted by molar-refractivity contribution is 5.78. The lowest BCUT2D eigenvalue weighted by atomic mass is 9.80. The Morgan fingerprint density at radius 3 is 2.88 bits per heavy atom. The van der Waals surface area contributed by atoms with Crippen LogP contribution >= 0.6 is 0 Å². The molecule has 2 aliphatic rings. The van der Waals surface area contributed by atoms with Crippen molar-refractivity contribution in [2.75, 3.05) is 19.6 Å². The second-order valence-corrected chi connectivity index (χ2v) is 5.46. The van der Waals surface area contributed by atoms with Crippen LogP contribution in [0.3, 0.4) is 0 Å². The number of carbonyl (C=O) groups excluding carboxylic acids is 1. The highest BCUT2D eigenvalue weighted by atomic mass is 16.2. The molecule has 16 heavy (non-hydrogen) atoms. The molecule has 92 valence electrons. The summed E-state index contributed by atoms with van der Waals surface area (Å²) >= 11 is 0. The van der Waals surface area contributed by atoms with Crippen LogP contribution in [0.1, 0.15) is 38.5 Å². The van der Waals surface area contributed by atoms with E-state index in [9.17, 15) is 4.79 Å². The number of rotatable bonds is 1. The van der Waals surface area contributed by atoms with Crippen molar-refractivity contribution in [3.63, 3.8) is 0 Å². The third kappa shape index (κ3) is 2.38. The fourth-order valence-corrected chi connectivity index (χ4v) is 3.19. The highest BCUT2D eigenvalue weighted by Gasteiger charge is 2.40. The van der Waals surface area contributed by atoms with Crippen LogP contribution in [0, 0.1) is 5.41 Å². The molecule has 2 rings (SSSR count). The molecule has 1 unspecified atom stereocenters. The normalized spacial score (nSPS) is 35.4. The molecule has 0 bridgehead atoms. The number of carbonyl (C=O) groups is 1. The largest absolute Gasteiger partial charge is 0.341 e. The molecular formula is C12H23N3O. The Morgan fingerprint density at radius 1 is 1.31 bits per heavy atom. The SMILES string of the molecule is NCC(=O)N1CCC2(CCC[C@H](N)CC2)C1. The molecule has 1 amide bonds. The van der Waals surface area contributed by atoms with E-state index in [0.29, 0.717) is 11.5 Å². The Kier molecular flexibility index (Phi) is 3.50. The Morgan fingerprint density at radius 2 is 2.12 bits per heavy atom. The molecule has 4 N–H and O–H groups in total. The summed E-state index contributed by atoms with van der Waals surface area (Å²) in [5, 5.41) is 0. The zero-order valence-electron chi connectivity index (χ0n) is 9.95. The maximum absolute atomic E-state index is 11.6. The zero-order chi connectivity index (χ0) is 11.6. The molecule has 1 saturated heterocycles. The average Bonchev–Trinajstić information content (AvgIpc) is 2.61. The van der Waals surface area contributed by atoms with Crippen LogP contribution in [0.5, 0.6) is 0 Å². The second kappa shape index (κ2) is 4.72. The van der Waals surface area contributed by atoms with Gasteiger partial charge in [-0.1, -0.05) is 6.42 Å². The van der Waals surface area contributed by atoms with Gasteiger partial charge >= 0.3 is 0 Å². The van der Waals surface area contributed by atoms with Gasteiger partial charge in [0.1, 0.15) is 0 Å². The van der Waals surface area contributed by atoms with Crippen molar-refractivity contribution in [3.8, 4) is 0 Å². The minimum atomic E-state index is 0.102. The van der Waals surface area contributed by atoms with Gasteiger partial charge in [0.25, 0.3) is 0 Å². The van der Waals surface area contributed by atoms with Crippen LogP contribution < -0.4 is 11.5 Å². The smallest absolute Gasteiger partial charge is 0.236 e. The summed E-state index contributed by atoms with van der Waals surface area (Å²) < 4.78 is 0. The van der Waals surface area contributed by atoms with E-state index in [1.165, 1.54) is 19.3 Å². The number of likely N-dealkylation sites (tertiary alicyclic amines) is 1. The van der Waals surface area contributed by atoms with Crippen LogP contribution in [0.15, 0.2) is 0 Å². The van der Waals surface area contributed by atoms with Gasteiger partial charge in [-0.05, 0) is 37.5 Å². The van der Waals surface area contributed by atoms with Crippen molar-refractivity contribution in [3.05, 3.63) is 0 Å². The maximum atomic E-state index is 11.6. The number of amides is 1. The standard InChI is InChI=1S/C12H23N3O/c13-8-11(16)15-7-6-12(9-15)4-1-2-10(14)3-5-12/h10H,1-9,13-14H2/t10-,12?/m0/s1. The van der Waals surface area contributed by atoms with Gasteiger partial charge in [0.15, 0.2) is 0 Å². The van der Waals surface area contributed by atoms with Gasteiger partial charge in [0.2, 0.25) is 5.91 Å². The predicted octanol–water partition coefficient (Wildman–Crippen LogP) is 0.455. The summed E-state index contributed by atoms with van der Waals surface area (Å²) in [5.74, 6) is 0.102. The Bertz CT molecular complexity index is 269. The van der Waals surface area contributed by atoms with Crippen molar-refractivity contribution < 1.29 is 4.79 Å². The molecule has 1 heterocycles. The van der Waals surface area contributed by atoms with Crippen LogP contribution in [0.4, 0.5) is 0 Å². The molecule has 4 nitrogen and oxygen atoms in total. The summed E-state index contributed by atoms with van der Waals surface area (Å²) in [7, 11) is 0. The third-order valence-corrected chi connectivity index (χ3v) is 4.29. The molecule has 2 atom stereocenters. The van der Waals surface area contributed by atoms with E-state index in [0.717, 1.165) is 32.4 Å². The van der Waals surface area contributed by atoms with E-state index in [1.807, 2.05) is 4.90 Å².